The number of alkyl carbamates (subject to hydrolysis) is 1. The first-order valence-electron chi connectivity index (χ1n) is 11.4. The van der Waals surface area contributed by atoms with E-state index in [-0.39, 0.29) is 11.3 Å². The molecule has 3 aliphatic rings. The van der Waals surface area contributed by atoms with Gasteiger partial charge >= 0.3 is 6.09 Å². The summed E-state index contributed by atoms with van der Waals surface area (Å²) in [6.45, 7) is 6.78. The minimum atomic E-state index is -2.90. The van der Waals surface area contributed by atoms with Gasteiger partial charge in [-0.25, -0.2) is 4.79 Å². The van der Waals surface area contributed by atoms with Gasteiger partial charge in [0.05, 0.1) is 5.56 Å². The van der Waals surface area contributed by atoms with Crippen LogP contribution in [0.5, 0.6) is 5.75 Å². The number of rotatable bonds is 2. The highest BCUT2D eigenvalue weighted by molar-refractivity contribution is 6.24. The summed E-state index contributed by atoms with van der Waals surface area (Å²) in [5, 5.41) is 46.4. The normalized spacial score (nSPS) is 29.8. The van der Waals surface area contributed by atoms with Crippen molar-refractivity contribution in [1.29, 1.82) is 0 Å². The zero-order chi connectivity index (χ0) is 26.9. The van der Waals surface area contributed by atoms with Gasteiger partial charge in [0.15, 0.2) is 11.4 Å². The number of carbonyl (C=O) groups is 4. The predicted octanol–water partition coefficient (Wildman–Crippen LogP) is 1.64. The number of hydrogen-bond acceptors (Lipinski definition) is 9. The van der Waals surface area contributed by atoms with E-state index in [1.165, 1.54) is 12.1 Å². The number of nitrogens with two attached hydrogens (primary N) is 1. The number of ketones is 2. The molecule has 2 amide bonds. The summed E-state index contributed by atoms with van der Waals surface area (Å²) in [6.07, 6.45) is -2.87. The number of benzene rings is 1. The minimum Gasteiger partial charge on any atom is -0.511 e. The summed E-state index contributed by atoms with van der Waals surface area (Å²) < 4.78 is 5.70. The molecule has 0 aromatic heterocycles. The molecule has 5 atom stereocenters. The van der Waals surface area contributed by atoms with Crippen LogP contribution in [0.15, 0.2) is 40.9 Å². The molecule has 1 aromatic carbocycles. The Bertz CT molecular complexity index is 1270. The van der Waals surface area contributed by atoms with E-state index >= 15 is 0 Å². The number of aliphatic hydroxyl groups excluding tert-OH is 2. The molecular weight excluding hydrogens is 472 g/mol. The predicted molar refractivity (Wildman–Crippen MR) is 124 cm³/mol. The number of aliphatic hydroxyl groups is 3. The standard InChI is InChI=1S/C25H28N2O9/c1-9-10-6-5-7-12(28)15(10)18(30)17-14(9)19(36-23(34)27-24(2,3)4)11-8-13(29)16(22(26)33)20(31)25(11,35)21(17)32/h5-7,9,11,14,19,28-29,32,35H,8H2,1-4H3,(H2,26,33)(H,27,34)/t9-,11+,14+,19+,25+/m0/s1. The summed E-state index contributed by atoms with van der Waals surface area (Å²) in [7, 11) is 0. The van der Waals surface area contributed by atoms with Gasteiger partial charge in [0.25, 0.3) is 5.91 Å². The van der Waals surface area contributed by atoms with Crippen molar-refractivity contribution in [1.82, 2.24) is 5.32 Å². The zero-order valence-electron chi connectivity index (χ0n) is 20.2. The first-order chi connectivity index (χ1) is 16.6. The van der Waals surface area contributed by atoms with E-state index in [9.17, 15) is 39.6 Å². The van der Waals surface area contributed by atoms with Gasteiger partial charge in [-0.2, -0.15) is 0 Å². The summed E-state index contributed by atoms with van der Waals surface area (Å²) >= 11 is 0. The first-order valence-corrected chi connectivity index (χ1v) is 11.4. The number of carbonyl (C=O) groups excluding carboxylic acids is 4. The molecule has 11 heteroatoms. The Hall–Kier alpha value is -3.86. The molecule has 7 N–H and O–H groups in total. The third-order valence-corrected chi connectivity index (χ3v) is 7.05. The topological polar surface area (TPSA) is 196 Å². The second-order valence-corrected chi connectivity index (χ2v) is 10.5. The van der Waals surface area contributed by atoms with Gasteiger partial charge in [-0.3, -0.25) is 14.4 Å². The lowest BCUT2D eigenvalue weighted by atomic mass is 9.56. The second kappa shape index (κ2) is 8.09. The molecule has 4 rings (SSSR count). The molecule has 192 valence electrons. The highest BCUT2D eigenvalue weighted by Crippen LogP contribution is 2.55. The van der Waals surface area contributed by atoms with Crippen molar-refractivity contribution < 1.29 is 44.3 Å². The van der Waals surface area contributed by atoms with Crippen LogP contribution in [0.25, 0.3) is 0 Å². The van der Waals surface area contributed by atoms with E-state index in [1.807, 2.05) is 0 Å². The van der Waals surface area contributed by atoms with Crippen molar-refractivity contribution in [3.8, 4) is 5.75 Å². The molecule has 0 saturated heterocycles. The van der Waals surface area contributed by atoms with Crippen molar-refractivity contribution in [2.45, 2.75) is 57.3 Å². The van der Waals surface area contributed by atoms with Crippen LogP contribution in [0.2, 0.25) is 0 Å². The molecule has 36 heavy (non-hydrogen) atoms. The van der Waals surface area contributed by atoms with Gasteiger partial charge in [-0.15, -0.1) is 0 Å². The van der Waals surface area contributed by atoms with E-state index < -0.39 is 87.6 Å². The van der Waals surface area contributed by atoms with Crippen LogP contribution in [0.4, 0.5) is 4.79 Å². The number of ether oxygens (including phenoxy) is 1. The molecule has 0 unspecified atom stereocenters. The Labute approximate surface area is 206 Å². The third-order valence-electron chi connectivity index (χ3n) is 7.05. The Morgan fingerprint density at radius 1 is 1.17 bits per heavy atom. The SMILES string of the molecule is C[C@H]1c2cccc(O)c2C(=O)C2=C(O)[C@]3(O)C(=O)C(C(N)=O)=C(O)C[C@@H]3[C@@H](OC(=O)NC(C)(C)C)[C@@H]21. The molecule has 0 spiro atoms. The number of fused-ring (bicyclic) bond motifs is 3. The quantitative estimate of drug-likeness (QED) is 0.327. The number of phenolic OH excluding ortho intramolecular Hbond substituents is 1. The second-order valence-electron chi connectivity index (χ2n) is 10.5. The number of amides is 2. The first kappa shape index (κ1) is 25.2. The van der Waals surface area contributed by atoms with Crippen molar-refractivity contribution in [3.05, 3.63) is 52.0 Å². The minimum absolute atomic E-state index is 0.125. The molecule has 0 bridgehead atoms. The summed E-state index contributed by atoms with van der Waals surface area (Å²) in [4.78, 5) is 51.6. The van der Waals surface area contributed by atoms with E-state index in [2.05, 4.69) is 5.32 Å². The highest BCUT2D eigenvalue weighted by atomic mass is 16.6. The van der Waals surface area contributed by atoms with Crippen LogP contribution < -0.4 is 11.1 Å². The summed E-state index contributed by atoms with van der Waals surface area (Å²) in [5.41, 5.74) is 0.562. The molecule has 0 heterocycles. The van der Waals surface area contributed by atoms with Crippen LogP contribution in [0, 0.1) is 11.8 Å². The van der Waals surface area contributed by atoms with Gasteiger partial charge in [-0.05, 0) is 38.3 Å². The number of Topliss-reactive ketones (excluding diaryl/α,β-unsaturated/α-hetero) is 2. The number of aromatic hydroxyl groups is 1. The van der Waals surface area contributed by atoms with Crippen molar-refractivity contribution in [2.75, 3.05) is 0 Å². The van der Waals surface area contributed by atoms with Gasteiger partial charge in [-0.1, -0.05) is 19.1 Å². The molecule has 0 saturated carbocycles. The van der Waals surface area contributed by atoms with E-state index in [0.717, 1.165) is 0 Å². The van der Waals surface area contributed by atoms with E-state index in [1.54, 1.807) is 33.8 Å². The van der Waals surface area contributed by atoms with Gasteiger partial charge in [0.2, 0.25) is 5.78 Å². The largest absolute Gasteiger partial charge is 0.511 e. The monoisotopic (exact) mass is 500 g/mol. The smallest absolute Gasteiger partial charge is 0.407 e. The number of nitrogens with one attached hydrogen (secondary N) is 1. The molecule has 0 fully saturated rings. The van der Waals surface area contributed by atoms with E-state index in [4.69, 9.17) is 10.5 Å². The zero-order valence-corrected chi connectivity index (χ0v) is 20.2. The van der Waals surface area contributed by atoms with Crippen LogP contribution in [-0.2, 0) is 14.3 Å². The average molecular weight is 501 g/mol. The van der Waals surface area contributed by atoms with Crippen molar-refractivity contribution >= 4 is 23.6 Å². The Kier molecular flexibility index (Phi) is 5.67. The molecule has 0 aliphatic heterocycles. The molecule has 1 aromatic rings. The van der Waals surface area contributed by atoms with Crippen LogP contribution in [0.1, 0.15) is 56.0 Å². The van der Waals surface area contributed by atoms with Crippen molar-refractivity contribution in [2.24, 2.45) is 17.6 Å². The van der Waals surface area contributed by atoms with Gasteiger partial charge in [0.1, 0.15) is 28.9 Å². The fourth-order valence-electron chi connectivity index (χ4n) is 5.54. The number of primary amides is 1. The average Bonchev–Trinajstić information content (AvgIpc) is 2.74. The fourth-order valence-corrected chi connectivity index (χ4v) is 5.54. The molecule has 11 nitrogen and oxygen atoms in total. The Balaban J connectivity index is 1.98. The van der Waals surface area contributed by atoms with E-state index in [0.29, 0.717) is 5.56 Å². The summed E-state index contributed by atoms with van der Waals surface area (Å²) in [5.74, 6) is -8.90. The van der Waals surface area contributed by atoms with Gasteiger partial charge < -0.3 is 36.2 Å². The van der Waals surface area contributed by atoms with Crippen LogP contribution in [0.3, 0.4) is 0 Å². The maximum atomic E-state index is 13.6. The Morgan fingerprint density at radius 2 is 1.81 bits per heavy atom. The maximum Gasteiger partial charge on any atom is 0.407 e. The van der Waals surface area contributed by atoms with Crippen molar-refractivity contribution in [3.63, 3.8) is 0 Å². The third kappa shape index (κ3) is 3.53. The fraction of sp³-hybridized carbons (Fsp3) is 0.440. The molecular formula is C25H28N2O9. The lowest BCUT2D eigenvalue weighted by molar-refractivity contribution is -0.155. The van der Waals surface area contributed by atoms with Gasteiger partial charge in [0, 0.05) is 29.4 Å². The number of allylic oxidation sites excluding steroid dienone is 1. The number of phenols is 1. The van der Waals surface area contributed by atoms with Crippen LogP contribution >= 0.6 is 0 Å². The van der Waals surface area contributed by atoms with Crippen LogP contribution in [-0.4, -0.2) is 61.2 Å². The lowest BCUT2D eigenvalue weighted by Crippen LogP contribution is -2.63. The molecule has 0 radical (unpaired) electrons. The summed E-state index contributed by atoms with van der Waals surface area (Å²) in [6, 6.07) is 4.42. The number of hydrogen-bond donors (Lipinski definition) is 6. The maximum absolute atomic E-state index is 13.6. The lowest BCUT2D eigenvalue weighted by Gasteiger charge is -2.51. The molecule has 3 aliphatic carbocycles. The highest BCUT2D eigenvalue weighted by Gasteiger charge is 2.65. The Morgan fingerprint density at radius 3 is 2.39 bits per heavy atom.